The average molecular weight is 410 g/mol. The number of thioether (sulfide) groups is 1. The summed E-state index contributed by atoms with van der Waals surface area (Å²) in [6.07, 6.45) is 0.817. The number of hydrogen-bond donors (Lipinski definition) is 0. The minimum Gasteiger partial charge on any atom is -0.338 e. The highest BCUT2D eigenvalue weighted by molar-refractivity contribution is 7.98. The number of benzene rings is 2. The van der Waals surface area contributed by atoms with Crippen LogP contribution in [0.3, 0.4) is 0 Å². The molecule has 0 aliphatic rings. The Morgan fingerprint density at radius 2 is 2.00 bits per heavy atom. The quantitative estimate of drug-likeness (QED) is 0.342. The molecule has 2 heterocycles. The first kappa shape index (κ1) is 19.3. The number of halogens is 1. The van der Waals surface area contributed by atoms with E-state index >= 15 is 0 Å². The van der Waals surface area contributed by atoms with E-state index in [9.17, 15) is 9.18 Å². The van der Waals surface area contributed by atoms with Gasteiger partial charge >= 0.3 is 0 Å². The summed E-state index contributed by atoms with van der Waals surface area (Å²) in [6.45, 7) is 4.29. The SMILES string of the molecule is CCCn1c(SCc2nc(-c3ccc(C)c(F)c3)no2)nc2ccccc2c1=O. The first-order valence-electron chi connectivity index (χ1n) is 9.28. The van der Waals surface area contributed by atoms with Gasteiger partial charge in [-0.15, -0.1) is 0 Å². The molecule has 0 radical (unpaired) electrons. The largest absolute Gasteiger partial charge is 0.338 e. The highest BCUT2D eigenvalue weighted by atomic mass is 32.2. The topological polar surface area (TPSA) is 73.8 Å². The number of aromatic nitrogens is 4. The fraction of sp³-hybridized carbons (Fsp3) is 0.238. The van der Waals surface area contributed by atoms with Crippen LogP contribution in [0, 0.1) is 12.7 Å². The van der Waals surface area contributed by atoms with Crippen molar-refractivity contribution in [1.82, 2.24) is 19.7 Å². The van der Waals surface area contributed by atoms with Gasteiger partial charge in [-0.2, -0.15) is 4.98 Å². The van der Waals surface area contributed by atoms with E-state index in [0.29, 0.717) is 51.2 Å². The van der Waals surface area contributed by atoms with E-state index in [1.54, 1.807) is 29.7 Å². The molecule has 4 aromatic rings. The standard InChI is InChI=1S/C21H19FN4O2S/c1-3-10-26-20(27)15-6-4-5-7-17(15)23-21(26)29-12-18-24-19(25-28-18)14-9-8-13(2)16(22)11-14/h4-9,11H,3,10,12H2,1-2H3. The van der Waals surface area contributed by atoms with Crippen molar-refractivity contribution in [2.45, 2.75) is 37.7 Å². The molecule has 2 aromatic heterocycles. The van der Waals surface area contributed by atoms with Gasteiger partial charge in [0.05, 0.1) is 16.7 Å². The minimum atomic E-state index is -0.313. The summed E-state index contributed by atoms with van der Waals surface area (Å²) < 4.78 is 20.8. The van der Waals surface area contributed by atoms with Crippen molar-refractivity contribution >= 4 is 22.7 Å². The van der Waals surface area contributed by atoms with Crippen LogP contribution in [0.5, 0.6) is 0 Å². The van der Waals surface area contributed by atoms with Crippen LogP contribution >= 0.6 is 11.8 Å². The average Bonchev–Trinajstić information content (AvgIpc) is 3.20. The fourth-order valence-electron chi connectivity index (χ4n) is 2.97. The van der Waals surface area contributed by atoms with Gasteiger partial charge in [-0.3, -0.25) is 9.36 Å². The Hall–Kier alpha value is -3.00. The van der Waals surface area contributed by atoms with Gasteiger partial charge in [-0.1, -0.05) is 48.1 Å². The van der Waals surface area contributed by atoms with E-state index in [1.165, 1.54) is 17.8 Å². The molecule has 29 heavy (non-hydrogen) atoms. The van der Waals surface area contributed by atoms with Crippen molar-refractivity contribution in [2.75, 3.05) is 0 Å². The van der Waals surface area contributed by atoms with Gasteiger partial charge in [-0.25, -0.2) is 9.37 Å². The van der Waals surface area contributed by atoms with Gasteiger partial charge in [0, 0.05) is 12.1 Å². The summed E-state index contributed by atoms with van der Waals surface area (Å²) in [4.78, 5) is 21.8. The van der Waals surface area contributed by atoms with Crippen molar-refractivity contribution in [3.8, 4) is 11.4 Å². The van der Waals surface area contributed by atoms with Crippen LogP contribution in [0.15, 0.2) is 56.9 Å². The Bertz CT molecular complexity index is 1240. The first-order chi connectivity index (χ1) is 14.1. The zero-order valence-electron chi connectivity index (χ0n) is 16.1. The van der Waals surface area contributed by atoms with E-state index < -0.39 is 0 Å². The van der Waals surface area contributed by atoms with E-state index in [-0.39, 0.29) is 11.4 Å². The van der Waals surface area contributed by atoms with Crippen LogP contribution in [0.2, 0.25) is 0 Å². The smallest absolute Gasteiger partial charge is 0.262 e. The van der Waals surface area contributed by atoms with Gasteiger partial charge in [0.1, 0.15) is 5.82 Å². The third-order valence-corrected chi connectivity index (χ3v) is 5.46. The minimum absolute atomic E-state index is 0.0544. The second-order valence-electron chi connectivity index (χ2n) is 6.63. The van der Waals surface area contributed by atoms with Crippen LogP contribution in [0.4, 0.5) is 4.39 Å². The molecule has 4 rings (SSSR count). The Labute approximate surface area is 170 Å². The highest BCUT2D eigenvalue weighted by Gasteiger charge is 2.14. The van der Waals surface area contributed by atoms with Crippen molar-refractivity contribution < 1.29 is 8.91 Å². The zero-order valence-corrected chi connectivity index (χ0v) is 16.9. The van der Waals surface area contributed by atoms with Crippen LogP contribution in [-0.4, -0.2) is 19.7 Å². The van der Waals surface area contributed by atoms with Crippen LogP contribution < -0.4 is 5.56 Å². The molecule has 0 unspecified atom stereocenters. The van der Waals surface area contributed by atoms with Crippen LogP contribution in [0.1, 0.15) is 24.8 Å². The summed E-state index contributed by atoms with van der Waals surface area (Å²) in [5, 5.41) is 5.15. The number of para-hydroxylation sites is 1. The Morgan fingerprint density at radius 3 is 2.79 bits per heavy atom. The molecule has 0 bridgehead atoms. The molecular weight excluding hydrogens is 391 g/mol. The number of aryl methyl sites for hydroxylation is 1. The maximum atomic E-state index is 13.8. The van der Waals surface area contributed by atoms with Gasteiger partial charge in [0.25, 0.3) is 5.56 Å². The van der Waals surface area contributed by atoms with Gasteiger partial charge in [0.15, 0.2) is 5.16 Å². The lowest BCUT2D eigenvalue weighted by Crippen LogP contribution is -2.23. The predicted molar refractivity (Wildman–Crippen MR) is 110 cm³/mol. The summed E-state index contributed by atoms with van der Waals surface area (Å²) in [7, 11) is 0. The molecule has 2 aromatic carbocycles. The van der Waals surface area contributed by atoms with E-state index in [2.05, 4.69) is 15.1 Å². The molecule has 8 heteroatoms. The lowest BCUT2D eigenvalue weighted by atomic mass is 10.1. The second-order valence-corrected chi connectivity index (χ2v) is 7.58. The summed E-state index contributed by atoms with van der Waals surface area (Å²) in [5.41, 5.74) is 1.72. The number of fused-ring (bicyclic) bond motifs is 1. The predicted octanol–water partition coefficient (Wildman–Crippen LogP) is 4.60. The van der Waals surface area contributed by atoms with Gasteiger partial charge in [0.2, 0.25) is 11.7 Å². The molecule has 0 amide bonds. The fourth-order valence-corrected chi connectivity index (χ4v) is 3.83. The van der Waals surface area contributed by atoms with Crippen molar-refractivity contribution in [2.24, 2.45) is 0 Å². The summed E-state index contributed by atoms with van der Waals surface area (Å²) in [5.74, 6) is 0.760. The molecular formula is C21H19FN4O2S. The lowest BCUT2D eigenvalue weighted by molar-refractivity contribution is 0.391. The molecule has 0 atom stereocenters. The normalized spacial score (nSPS) is 11.3. The molecule has 0 N–H and O–H groups in total. The molecule has 0 aliphatic heterocycles. The van der Waals surface area contributed by atoms with Crippen LogP contribution in [0.25, 0.3) is 22.3 Å². The van der Waals surface area contributed by atoms with Crippen molar-refractivity contribution in [3.63, 3.8) is 0 Å². The van der Waals surface area contributed by atoms with E-state index in [4.69, 9.17) is 4.52 Å². The Balaban J connectivity index is 1.60. The number of rotatable bonds is 6. The van der Waals surface area contributed by atoms with Crippen molar-refractivity contribution in [1.29, 1.82) is 0 Å². The Morgan fingerprint density at radius 1 is 1.17 bits per heavy atom. The van der Waals surface area contributed by atoms with E-state index in [0.717, 1.165) is 6.42 Å². The number of nitrogens with zero attached hydrogens (tertiary/aromatic N) is 4. The zero-order chi connectivity index (χ0) is 20.4. The van der Waals surface area contributed by atoms with Gasteiger partial charge < -0.3 is 4.52 Å². The molecule has 6 nitrogen and oxygen atoms in total. The van der Waals surface area contributed by atoms with Crippen LogP contribution in [-0.2, 0) is 12.3 Å². The number of hydrogen-bond acceptors (Lipinski definition) is 6. The molecule has 0 saturated carbocycles. The van der Waals surface area contributed by atoms with Crippen molar-refractivity contribution in [3.05, 3.63) is 70.1 Å². The molecule has 148 valence electrons. The summed E-state index contributed by atoms with van der Waals surface area (Å²) >= 11 is 1.36. The first-order valence-corrected chi connectivity index (χ1v) is 10.3. The Kier molecular flexibility index (Phi) is 5.44. The summed E-state index contributed by atoms with van der Waals surface area (Å²) in [6, 6.07) is 12.1. The lowest BCUT2D eigenvalue weighted by Gasteiger charge is -2.11. The third kappa shape index (κ3) is 3.93. The maximum Gasteiger partial charge on any atom is 0.262 e. The second kappa shape index (κ2) is 8.16. The molecule has 0 fully saturated rings. The molecule has 0 saturated heterocycles. The maximum absolute atomic E-state index is 13.8. The monoisotopic (exact) mass is 410 g/mol. The van der Waals surface area contributed by atoms with E-state index in [1.807, 2.05) is 25.1 Å². The third-order valence-electron chi connectivity index (χ3n) is 4.50. The molecule has 0 spiro atoms. The van der Waals surface area contributed by atoms with Gasteiger partial charge in [-0.05, 0) is 37.1 Å². The molecule has 0 aliphatic carbocycles. The highest BCUT2D eigenvalue weighted by Crippen LogP contribution is 2.24.